The highest BCUT2D eigenvalue weighted by atomic mass is 35.5. The van der Waals surface area contributed by atoms with Gasteiger partial charge in [-0.15, -0.1) is 11.6 Å². The molecule has 0 aromatic heterocycles. The van der Waals surface area contributed by atoms with Gasteiger partial charge >= 0.3 is 0 Å². The van der Waals surface area contributed by atoms with Crippen molar-refractivity contribution in [2.75, 3.05) is 12.5 Å². The van der Waals surface area contributed by atoms with Crippen molar-refractivity contribution in [1.29, 1.82) is 0 Å². The summed E-state index contributed by atoms with van der Waals surface area (Å²) in [5, 5.41) is 0.739. The molecule has 0 aliphatic heterocycles. The number of hydrogen-bond donors (Lipinski definition) is 0. The van der Waals surface area contributed by atoms with Crippen molar-refractivity contribution in [2.24, 2.45) is 0 Å². The molecule has 130 valence electrons. The van der Waals surface area contributed by atoms with E-state index in [9.17, 15) is 0 Å². The average Bonchev–Trinajstić information content (AvgIpc) is 2.58. The Bertz CT molecular complexity index is 625. The Balaban J connectivity index is 1.92. The fraction of sp³-hybridized carbons (Fsp3) is 0.429. The van der Waals surface area contributed by atoms with E-state index in [4.69, 9.17) is 27.9 Å². The van der Waals surface area contributed by atoms with Crippen molar-refractivity contribution < 1.29 is 4.74 Å². The Morgan fingerprint density at radius 2 is 1.54 bits per heavy atom. The lowest BCUT2D eigenvalue weighted by Gasteiger charge is -2.15. The van der Waals surface area contributed by atoms with Crippen LogP contribution in [-0.4, -0.2) is 12.5 Å². The number of aryl methyl sites for hydroxylation is 1. The topological polar surface area (TPSA) is 9.23 Å². The maximum atomic E-state index is 6.46. The van der Waals surface area contributed by atoms with Crippen molar-refractivity contribution >= 4 is 23.2 Å². The second-order valence-corrected chi connectivity index (χ2v) is 6.87. The summed E-state index contributed by atoms with van der Waals surface area (Å²) in [5.74, 6) is 1.65. The molecule has 0 aliphatic carbocycles. The molecule has 0 heterocycles. The highest BCUT2D eigenvalue weighted by Gasteiger charge is 2.12. The normalized spacial score (nSPS) is 10.8. The van der Waals surface area contributed by atoms with Crippen molar-refractivity contribution in [3.8, 4) is 16.9 Å². The van der Waals surface area contributed by atoms with Crippen LogP contribution in [0.2, 0.25) is 5.02 Å². The van der Waals surface area contributed by atoms with Gasteiger partial charge in [0.25, 0.3) is 0 Å². The molecule has 0 amide bonds. The molecule has 24 heavy (non-hydrogen) atoms. The number of unbranched alkanes of at least 4 members (excludes halogenated alkanes) is 5. The van der Waals surface area contributed by atoms with Crippen LogP contribution in [0, 0.1) is 6.92 Å². The first-order valence-corrected chi connectivity index (χ1v) is 9.68. The summed E-state index contributed by atoms with van der Waals surface area (Å²) >= 11 is 12.1. The summed E-state index contributed by atoms with van der Waals surface area (Å²) in [6, 6.07) is 14.2. The molecule has 1 nitrogen and oxygen atoms in total. The molecule has 0 atom stereocenters. The second kappa shape index (κ2) is 10.6. The minimum absolute atomic E-state index is 0.731. The van der Waals surface area contributed by atoms with Crippen LogP contribution in [0.5, 0.6) is 5.75 Å². The van der Waals surface area contributed by atoms with Gasteiger partial charge in [-0.2, -0.15) is 0 Å². The summed E-state index contributed by atoms with van der Waals surface area (Å²) in [5.41, 5.74) is 3.34. The molecule has 0 radical (unpaired) electrons. The Kier molecular flexibility index (Phi) is 8.49. The lowest BCUT2D eigenvalue weighted by molar-refractivity contribution is 0.305. The summed E-state index contributed by atoms with van der Waals surface area (Å²) in [7, 11) is 0. The molecule has 2 aromatic rings. The van der Waals surface area contributed by atoms with Gasteiger partial charge in [0, 0.05) is 11.4 Å². The average molecular weight is 365 g/mol. The maximum absolute atomic E-state index is 6.46. The van der Waals surface area contributed by atoms with Crippen LogP contribution in [0.25, 0.3) is 11.1 Å². The number of rotatable bonds is 10. The van der Waals surface area contributed by atoms with E-state index in [0.717, 1.165) is 47.2 Å². The molecule has 0 fully saturated rings. The third kappa shape index (κ3) is 5.72. The molecule has 2 aromatic carbocycles. The molecule has 0 N–H and O–H groups in total. The van der Waals surface area contributed by atoms with E-state index in [2.05, 4.69) is 19.1 Å². The molecule has 0 unspecified atom stereocenters. The smallest absolute Gasteiger partial charge is 0.128 e. The first-order valence-electron chi connectivity index (χ1n) is 8.77. The Morgan fingerprint density at radius 3 is 2.29 bits per heavy atom. The van der Waals surface area contributed by atoms with E-state index in [1.807, 2.05) is 30.3 Å². The zero-order chi connectivity index (χ0) is 17.2. The van der Waals surface area contributed by atoms with Gasteiger partial charge in [0.2, 0.25) is 0 Å². The zero-order valence-corrected chi connectivity index (χ0v) is 15.9. The van der Waals surface area contributed by atoms with Crippen molar-refractivity contribution in [2.45, 2.75) is 45.4 Å². The van der Waals surface area contributed by atoms with Crippen molar-refractivity contribution in [3.63, 3.8) is 0 Å². The van der Waals surface area contributed by atoms with E-state index >= 15 is 0 Å². The van der Waals surface area contributed by atoms with Crippen LogP contribution in [0.4, 0.5) is 0 Å². The highest BCUT2D eigenvalue weighted by molar-refractivity contribution is 6.33. The molecule has 0 spiro atoms. The van der Waals surface area contributed by atoms with Crippen LogP contribution >= 0.6 is 23.2 Å². The van der Waals surface area contributed by atoms with Crippen LogP contribution in [0.1, 0.15) is 44.1 Å². The first-order chi connectivity index (χ1) is 11.7. The monoisotopic (exact) mass is 364 g/mol. The largest absolute Gasteiger partial charge is 0.493 e. The molecular formula is C21H26Cl2O. The predicted octanol–water partition coefficient (Wildman–Crippen LogP) is 7.27. The zero-order valence-electron chi connectivity index (χ0n) is 14.4. The van der Waals surface area contributed by atoms with Gasteiger partial charge in [-0.1, -0.05) is 67.6 Å². The quantitative estimate of drug-likeness (QED) is 0.318. The minimum atomic E-state index is 0.731. The molecule has 0 saturated heterocycles. The number of halogens is 2. The van der Waals surface area contributed by atoms with E-state index < -0.39 is 0 Å². The number of alkyl halides is 1. The first kappa shape index (κ1) is 19.1. The van der Waals surface area contributed by atoms with E-state index in [-0.39, 0.29) is 0 Å². The summed E-state index contributed by atoms with van der Waals surface area (Å²) in [4.78, 5) is 0. The number of hydrogen-bond acceptors (Lipinski definition) is 1. The van der Waals surface area contributed by atoms with Crippen LogP contribution in [0.15, 0.2) is 42.5 Å². The van der Waals surface area contributed by atoms with Crippen LogP contribution in [0.3, 0.4) is 0 Å². The summed E-state index contributed by atoms with van der Waals surface area (Å²) in [6.45, 7) is 2.83. The molecule has 3 heteroatoms. The van der Waals surface area contributed by atoms with Gasteiger partial charge in [-0.3, -0.25) is 0 Å². The van der Waals surface area contributed by atoms with Crippen LogP contribution < -0.4 is 4.74 Å². The fourth-order valence-electron chi connectivity index (χ4n) is 2.83. The molecule has 2 rings (SSSR count). The van der Waals surface area contributed by atoms with E-state index in [1.165, 1.54) is 31.2 Å². The number of ether oxygens (including phenoxy) is 1. The molecule has 0 saturated carbocycles. The minimum Gasteiger partial charge on any atom is -0.493 e. The van der Waals surface area contributed by atoms with Gasteiger partial charge < -0.3 is 4.74 Å². The van der Waals surface area contributed by atoms with Crippen LogP contribution in [-0.2, 0) is 0 Å². The Hall–Kier alpha value is -1.18. The summed E-state index contributed by atoms with van der Waals surface area (Å²) < 4.78 is 6.05. The summed E-state index contributed by atoms with van der Waals surface area (Å²) in [6.07, 6.45) is 7.14. The van der Waals surface area contributed by atoms with Crippen molar-refractivity contribution in [1.82, 2.24) is 0 Å². The SMILES string of the molecule is Cc1ccccc1-c1c(Cl)cccc1OCCCCCCCCCl. The molecular weight excluding hydrogens is 339 g/mol. The third-order valence-corrected chi connectivity index (χ3v) is 4.76. The number of benzene rings is 2. The van der Waals surface area contributed by atoms with Gasteiger partial charge in [-0.25, -0.2) is 0 Å². The lowest BCUT2D eigenvalue weighted by Crippen LogP contribution is -2.00. The van der Waals surface area contributed by atoms with Gasteiger partial charge in [0.05, 0.1) is 11.6 Å². The predicted molar refractivity (Wildman–Crippen MR) is 106 cm³/mol. The van der Waals surface area contributed by atoms with Gasteiger partial charge in [-0.05, 0) is 43.0 Å². The van der Waals surface area contributed by atoms with E-state index in [0.29, 0.717) is 0 Å². The van der Waals surface area contributed by atoms with Crippen molar-refractivity contribution in [3.05, 3.63) is 53.1 Å². The van der Waals surface area contributed by atoms with Gasteiger partial charge in [0.15, 0.2) is 0 Å². The Labute approximate surface area is 155 Å². The second-order valence-electron chi connectivity index (χ2n) is 6.09. The standard InChI is InChI=1S/C21H26Cl2O/c1-17-11-6-7-12-18(17)21-19(23)13-10-14-20(21)24-16-9-5-3-2-4-8-15-22/h6-7,10-14H,2-5,8-9,15-16H2,1H3. The maximum Gasteiger partial charge on any atom is 0.128 e. The fourth-order valence-corrected chi connectivity index (χ4v) is 3.28. The lowest BCUT2D eigenvalue weighted by atomic mass is 10.00. The molecule has 0 bridgehead atoms. The van der Waals surface area contributed by atoms with Gasteiger partial charge in [0.1, 0.15) is 5.75 Å². The Morgan fingerprint density at radius 1 is 0.833 bits per heavy atom. The van der Waals surface area contributed by atoms with E-state index in [1.54, 1.807) is 0 Å². The molecule has 0 aliphatic rings. The highest BCUT2D eigenvalue weighted by Crippen LogP contribution is 2.38. The third-order valence-electron chi connectivity index (χ3n) is 4.18.